The highest BCUT2D eigenvalue weighted by molar-refractivity contribution is 5.77. The molecule has 0 aromatic heterocycles. The van der Waals surface area contributed by atoms with Crippen molar-refractivity contribution in [1.29, 1.82) is 0 Å². The van der Waals surface area contributed by atoms with Crippen LogP contribution in [0.5, 0.6) is 0 Å². The maximum Gasteiger partial charge on any atom is 0.223 e. The molecule has 0 saturated carbocycles. The number of aryl methyl sites for hydroxylation is 1. The van der Waals surface area contributed by atoms with E-state index in [0.717, 1.165) is 11.6 Å². The first kappa shape index (κ1) is 20.4. The van der Waals surface area contributed by atoms with Crippen LogP contribution in [0.4, 0.5) is 8.78 Å². The van der Waals surface area contributed by atoms with Gasteiger partial charge in [0.15, 0.2) is 0 Å². The highest BCUT2D eigenvalue weighted by Crippen LogP contribution is 2.31. The molecule has 1 saturated heterocycles. The fraction of sp³-hybridized carbons (Fsp3) is 0.409. The third-order valence-electron chi connectivity index (χ3n) is 4.98. The van der Waals surface area contributed by atoms with Crippen molar-refractivity contribution in [3.8, 4) is 0 Å². The van der Waals surface area contributed by atoms with Crippen molar-refractivity contribution in [2.75, 3.05) is 33.8 Å². The summed E-state index contributed by atoms with van der Waals surface area (Å²) in [5, 5.41) is 0. The molecule has 0 radical (unpaired) electrons. The van der Waals surface area contributed by atoms with Gasteiger partial charge in [-0.05, 0) is 37.7 Å². The first-order valence-corrected chi connectivity index (χ1v) is 9.50. The smallest absolute Gasteiger partial charge is 0.223 e. The third-order valence-corrected chi connectivity index (χ3v) is 4.98. The Morgan fingerprint density at radius 1 is 1.18 bits per heavy atom. The normalized spacial score (nSPS) is 19.8. The summed E-state index contributed by atoms with van der Waals surface area (Å²) in [6.45, 7) is 1.66. The molecule has 0 N–H and O–H groups in total. The molecule has 0 aliphatic carbocycles. The second-order valence-corrected chi connectivity index (χ2v) is 7.35. The zero-order valence-corrected chi connectivity index (χ0v) is 16.3. The highest BCUT2D eigenvalue weighted by Gasteiger charge is 2.36. The lowest BCUT2D eigenvalue weighted by Crippen LogP contribution is -2.51. The molecule has 0 unspecified atom stereocenters. The monoisotopic (exact) mass is 388 g/mol. The van der Waals surface area contributed by atoms with E-state index in [1.807, 2.05) is 54.2 Å². The minimum atomic E-state index is -0.614. The number of halogens is 2. The Labute approximate surface area is 164 Å². The van der Waals surface area contributed by atoms with Crippen molar-refractivity contribution in [1.82, 2.24) is 9.80 Å². The summed E-state index contributed by atoms with van der Waals surface area (Å²) in [4.78, 5) is 16.9. The fourth-order valence-corrected chi connectivity index (χ4v) is 3.68. The van der Waals surface area contributed by atoms with Crippen LogP contribution < -0.4 is 0 Å². The van der Waals surface area contributed by atoms with E-state index in [2.05, 4.69) is 0 Å². The van der Waals surface area contributed by atoms with Crippen LogP contribution in [0.15, 0.2) is 48.5 Å². The predicted octanol–water partition coefficient (Wildman–Crippen LogP) is 3.43. The van der Waals surface area contributed by atoms with Gasteiger partial charge in [0, 0.05) is 25.6 Å². The number of amides is 1. The third kappa shape index (κ3) is 4.94. The van der Waals surface area contributed by atoms with Crippen molar-refractivity contribution in [3.05, 3.63) is 71.3 Å². The van der Waals surface area contributed by atoms with Crippen molar-refractivity contribution in [3.63, 3.8) is 0 Å². The Morgan fingerprint density at radius 2 is 1.93 bits per heavy atom. The number of carbonyl (C=O) groups excluding carboxylic acids is 1. The number of rotatable bonds is 6. The van der Waals surface area contributed by atoms with E-state index >= 15 is 0 Å². The van der Waals surface area contributed by atoms with E-state index in [-0.39, 0.29) is 30.9 Å². The van der Waals surface area contributed by atoms with Gasteiger partial charge in [0.1, 0.15) is 11.6 Å². The van der Waals surface area contributed by atoms with Gasteiger partial charge in [0.2, 0.25) is 5.91 Å². The molecule has 0 spiro atoms. The lowest BCUT2D eigenvalue weighted by atomic mass is 9.96. The molecule has 1 fully saturated rings. The van der Waals surface area contributed by atoms with Gasteiger partial charge in [0.25, 0.3) is 0 Å². The fourth-order valence-electron chi connectivity index (χ4n) is 3.68. The summed E-state index contributed by atoms with van der Waals surface area (Å²) in [7, 11) is 3.95. The van der Waals surface area contributed by atoms with Crippen molar-refractivity contribution in [2.24, 2.45) is 0 Å². The van der Waals surface area contributed by atoms with Gasteiger partial charge < -0.3 is 14.5 Å². The van der Waals surface area contributed by atoms with Gasteiger partial charge in [-0.1, -0.05) is 36.4 Å². The molecule has 2 aromatic rings. The molecule has 2 aromatic carbocycles. The number of nitrogens with zero attached hydrogens (tertiary/aromatic N) is 2. The van der Waals surface area contributed by atoms with E-state index < -0.39 is 11.6 Å². The Balaban J connectivity index is 1.77. The molecule has 28 heavy (non-hydrogen) atoms. The molecule has 1 heterocycles. The van der Waals surface area contributed by atoms with E-state index in [0.29, 0.717) is 25.3 Å². The van der Waals surface area contributed by atoms with Gasteiger partial charge in [-0.3, -0.25) is 4.79 Å². The van der Waals surface area contributed by atoms with E-state index in [1.54, 1.807) is 0 Å². The summed E-state index contributed by atoms with van der Waals surface area (Å²) in [6.07, 6.45) is 0.264. The zero-order valence-electron chi connectivity index (χ0n) is 16.3. The van der Waals surface area contributed by atoms with Crippen LogP contribution in [0.1, 0.15) is 23.6 Å². The van der Waals surface area contributed by atoms with Gasteiger partial charge in [0.05, 0.1) is 18.8 Å². The predicted molar refractivity (Wildman–Crippen MR) is 104 cm³/mol. The van der Waals surface area contributed by atoms with Gasteiger partial charge in [-0.2, -0.15) is 0 Å². The van der Waals surface area contributed by atoms with Gasteiger partial charge >= 0.3 is 0 Å². The van der Waals surface area contributed by atoms with Crippen molar-refractivity contribution >= 4 is 5.91 Å². The van der Waals surface area contributed by atoms with Gasteiger partial charge in [-0.15, -0.1) is 0 Å². The van der Waals surface area contributed by atoms with E-state index in [1.165, 1.54) is 12.1 Å². The molecule has 3 rings (SSSR count). The molecule has 6 heteroatoms. The minimum Gasteiger partial charge on any atom is -0.373 e. The average molecular weight is 388 g/mol. The van der Waals surface area contributed by atoms with Crippen LogP contribution in [0.2, 0.25) is 0 Å². The molecule has 1 aliphatic rings. The first-order valence-electron chi connectivity index (χ1n) is 9.50. The maximum atomic E-state index is 13.9. The number of hydrogen-bond donors (Lipinski definition) is 0. The number of hydrogen-bond acceptors (Lipinski definition) is 3. The number of carbonyl (C=O) groups is 1. The summed E-state index contributed by atoms with van der Waals surface area (Å²) < 4.78 is 33.0. The Bertz CT molecular complexity index is 798. The summed E-state index contributed by atoms with van der Waals surface area (Å²) in [5.74, 6) is -1.28. The molecule has 4 nitrogen and oxygen atoms in total. The highest BCUT2D eigenvalue weighted by atomic mass is 19.1. The van der Waals surface area contributed by atoms with Crippen LogP contribution in [-0.2, 0) is 16.0 Å². The Hall–Kier alpha value is -2.31. The van der Waals surface area contributed by atoms with Gasteiger partial charge in [-0.25, -0.2) is 8.78 Å². The molecular formula is C22H26F2N2O2. The van der Waals surface area contributed by atoms with E-state index in [9.17, 15) is 13.6 Å². The van der Waals surface area contributed by atoms with Crippen LogP contribution >= 0.6 is 0 Å². The molecule has 2 atom stereocenters. The molecule has 1 amide bonds. The summed E-state index contributed by atoms with van der Waals surface area (Å²) >= 11 is 0. The van der Waals surface area contributed by atoms with Crippen LogP contribution in [0, 0.1) is 11.6 Å². The van der Waals surface area contributed by atoms with Crippen LogP contribution in [0.3, 0.4) is 0 Å². The van der Waals surface area contributed by atoms with Crippen molar-refractivity contribution < 1.29 is 18.3 Å². The SMILES string of the molecule is CN(C)C[C@@H]1OCCN(C(=O)CCc2ccc(F)cc2F)[C@H]1c1ccccc1. The molecule has 1 aliphatic heterocycles. The number of ether oxygens (including phenoxy) is 1. The first-order chi connectivity index (χ1) is 13.5. The molecule has 0 bridgehead atoms. The van der Waals surface area contributed by atoms with Crippen LogP contribution in [-0.4, -0.2) is 55.6 Å². The number of morpholine rings is 1. The van der Waals surface area contributed by atoms with E-state index in [4.69, 9.17) is 4.74 Å². The Morgan fingerprint density at radius 3 is 2.61 bits per heavy atom. The average Bonchev–Trinajstić information content (AvgIpc) is 2.67. The Kier molecular flexibility index (Phi) is 6.75. The maximum absolute atomic E-state index is 13.9. The van der Waals surface area contributed by atoms with Crippen LogP contribution in [0.25, 0.3) is 0 Å². The number of benzene rings is 2. The second-order valence-electron chi connectivity index (χ2n) is 7.35. The summed E-state index contributed by atoms with van der Waals surface area (Å²) in [6, 6.07) is 13.1. The zero-order chi connectivity index (χ0) is 20.1. The molecule has 150 valence electrons. The minimum absolute atomic E-state index is 0.0513. The van der Waals surface area contributed by atoms with Crippen molar-refractivity contribution in [2.45, 2.75) is 25.0 Å². The standard InChI is InChI=1S/C22H26F2N2O2/c1-25(2)15-20-22(17-6-4-3-5-7-17)26(12-13-28-20)21(27)11-9-16-8-10-18(23)14-19(16)24/h3-8,10,14,20,22H,9,11-13,15H2,1-2H3/t20-,22-/m0/s1. The number of likely N-dealkylation sites (N-methyl/N-ethyl adjacent to an activating group) is 1. The molecular weight excluding hydrogens is 362 g/mol. The lowest BCUT2D eigenvalue weighted by molar-refractivity contribution is -0.148. The second kappa shape index (κ2) is 9.26. The quantitative estimate of drug-likeness (QED) is 0.760. The lowest BCUT2D eigenvalue weighted by Gasteiger charge is -2.42. The topological polar surface area (TPSA) is 32.8 Å². The summed E-state index contributed by atoms with van der Waals surface area (Å²) in [5.41, 5.74) is 1.37. The largest absolute Gasteiger partial charge is 0.373 e.